The summed E-state index contributed by atoms with van der Waals surface area (Å²) in [5.41, 5.74) is 14.2. The molecule has 0 N–H and O–H groups in total. The zero-order valence-corrected chi connectivity index (χ0v) is 24.9. The minimum atomic E-state index is -0.396. The van der Waals surface area contributed by atoms with Gasteiger partial charge in [-0.3, -0.25) is 0 Å². The molecular formula is C43H31NO. The van der Waals surface area contributed by atoms with Crippen LogP contribution in [-0.2, 0) is 5.41 Å². The average Bonchev–Trinajstić information content (AvgIpc) is 3.60. The van der Waals surface area contributed by atoms with Gasteiger partial charge in [0.1, 0.15) is 11.5 Å². The zero-order chi connectivity index (χ0) is 29.5. The summed E-state index contributed by atoms with van der Waals surface area (Å²) >= 11 is 0. The van der Waals surface area contributed by atoms with Crippen molar-refractivity contribution in [3.05, 3.63) is 191 Å². The summed E-state index contributed by atoms with van der Waals surface area (Å²) in [6.45, 7) is 0. The van der Waals surface area contributed by atoms with Crippen molar-refractivity contribution in [1.82, 2.24) is 0 Å². The number of fused-ring (bicyclic) bond motifs is 12. The van der Waals surface area contributed by atoms with Crippen LogP contribution in [0.15, 0.2) is 163 Å². The van der Waals surface area contributed by atoms with Crippen molar-refractivity contribution in [3.63, 3.8) is 0 Å². The van der Waals surface area contributed by atoms with Gasteiger partial charge in [0.2, 0.25) is 0 Å². The van der Waals surface area contributed by atoms with Crippen LogP contribution in [0.4, 0.5) is 11.4 Å². The van der Waals surface area contributed by atoms with Crippen molar-refractivity contribution in [3.8, 4) is 16.9 Å². The van der Waals surface area contributed by atoms with E-state index in [0.29, 0.717) is 0 Å². The van der Waals surface area contributed by atoms with Gasteiger partial charge in [0.15, 0.2) is 0 Å². The Bertz CT molecular complexity index is 2150. The van der Waals surface area contributed by atoms with E-state index >= 15 is 0 Å². The first-order valence-corrected chi connectivity index (χ1v) is 16.1. The van der Waals surface area contributed by atoms with E-state index in [-0.39, 0.29) is 12.0 Å². The number of anilines is 2. The topological polar surface area (TPSA) is 12.5 Å². The van der Waals surface area contributed by atoms with Crippen molar-refractivity contribution in [2.75, 3.05) is 4.90 Å². The number of rotatable bonds is 2. The van der Waals surface area contributed by atoms with E-state index in [1.165, 1.54) is 61.5 Å². The third-order valence-electron chi connectivity index (χ3n) is 10.5. The first-order chi connectivity index (χ1) is 22.3. The fourth-order valence-corrected chi connectivity index (χ4v) is 8.82. The fraction of sp³-hybridized carbons (Fsp3) is 0.116. The molecule has 2 aliphatic heterocycles. The molecule has 2 heterocycles. The maximum atomic E-state index is 6.63. The smallest absolute Gasteiger partial charge is 0.132 e. The Hall–Kier alpha value is -5.34. The lowest BCUT2D eigenvalue weighted by Gasteiger charge is -2.41. The number of hydrogen-bond acceptors (Lipinski definition) is 2. The van der Waals surface area contributed by atoms with Gasteiger partial charge in [-0.15, -0.1) is 0 Å². The highest BCUT2D eigenvalue weighted by molar-refractivity contribution is 5.99. The monoisotopic (exact) mass is 577 g/mol. The molecule has 214 valence electrons. The van der Waals surface area contributed by atoms with Crippen LogP contribution in [0.25, 0.3) is 16.7 Å². The third kappa shape index (κ3) is 3.29. The van der Waals surface area contributed by atoms with Crippen molar-refractivity contribution >= 4 is 16.9 Å². The number of allylic oxidation sites excluding steroid dienone is 5. The van der Waals surface area contributed by atoms with Gasteiger partial charge in [0, 0.05) is 22.7 Å². The van der Waals surface area contributed by atoms with Crippen molar-refractivity contribution < 1.29 is 4.74 Å². The molecule has 5 aliphatic rings. The minimum Gasteiger partial charge on any atom is -0.457 e. The quantitative estimate of drug-likeness (QED) is 0.207. The molecule has 0 aromatic heterocycles. The standard InChI is InChI=1S/C43H31NO/c1-3-13-28(14-4-1)29-23-26-38-33(27-29)31-24-25-37-41(42(31)44(38)30-15-5-2-6-16-30)32-17-7-8-18-34(32)43(37)35-19-9-11-21-39(35)45-40-22-12-10-20-36(40)43/h1-9,11-19,21-27,33,38H,10,20H2. The molecule has 10 rings (SSSR count). The van der Waals surface area contributed by atoms with Gasteiger partial charge in [-0.05, 0) is 76.1 Å². The Balaban J connectivity index is 1.30. The van der Waals surface area contributed by atoms with E-state index < -0.39 is 5.41 Å². The summed E-state index contributed by atoms with van der Waals surface area (Å²) in [7, 11) is 0. The predicted octanol–water partition coefficient (Wildman–Crippen LogP) is 10.3. The van der Waals surface area contributed by atoms with E-state index in [4.69, 9.17) is 4.74 Å². The highest BCUT2D eigenvalue weighted by Gasteiger charge is 2.54. The second-order valence-corrected chi connectivity index (χ2v) is 12.7. The van der Waals surface area contributed by atoms with Gasteiger partial charge >= 0.3 is 0 Å². The van der Waals surface area contributed by atoms with Crippen molar-refractivity contribution in [2.45, 2.75) is 30.2 Å². The largest absolute Gasteiger partial charge is 0.457 e. The van der Waals surface area contributed by atoms with Gasteiger partial charge in [-0.2, -0.15) is 0 Å². The Labute approximate surface area is 263 Å². The highest BCUT2D eigenvalue weighted by atomic mass is 16.5. The maximum absolute atomic E-state index is 6.63. The molecular weight excluding hydrogens is 546 g/mol. The van der Waals surface area contributed by atoms with E-state index in [9.17, 15) is 0 Å². The van der Waals surface area contributed by atoms with Crippen LogP contribution in [0.1, 0.15) is 46.6 Å². The van der Waals surface area contributed by atoms with Crippen LogP contribution in [0.2, 0.25) is 0 Å². The van der Waals surface area contributed by atoms with Crippen LogP contribution in [0, 0.1) is 0 Å². The van der Waals surface area contributed by atoms with E-state index in [1.807, 2.05) is 0 Å². The molecule has 5 aromatic carbocycles. The number of hydrogen-bond donors (Lipinski definition) is 0. The minimum absolute atomic E-state index is 0.194. The van der Waals surface area contributed by atoms with Crippen molar-refractivity contribution in [2.24, 2.45) is 0 Å². The van der Waals surface area contributed by atoms with Crippen LogP contribution < -0.4 is 9.64 Å². The van der Waals surface area contributed by atoms with E-state index in [1.54, 1.807) is 0 Å². The molecule has 0 amide bonds. The van der Waals surface area contributed by atoms with Crippen molar-refractivity contribution in [1.29, 1.82) is 0 Å². The SMILES string of the molecule is C1=CC2=C(CC1)C1(c3ccccc3O2)c2ccccc2-c2c1ccc1c2N(c2ccccc2)C2C=CC(c3ccccc3)=CC12. The second kappa shape index (κ2) is 9.33. The van der Waals surface area contributed by atoms with Gasteiger partial charge in [0.05, 0.1) is 17.1 Å². The average molecular weight is 578 g/mol. The molecule has 5 aromatic rings. The van der Waals surface area contributed by atoms with Crippen LogP contribution in [0.3, 0.4) is 0 Å². The molecule has 3 unspecified atom stereocenters. The number of ether oxygens (including phenoxy) is 1. The number of para-hydroxylation sites is 2. The van der Waals surface area contributed by atoms with E-state index in [0.717, 1.165) is 24.4 Å². The van der Waals surface area contributed by atoms with Gasteiger partial charge in [-0.1, -0.05) is 127 Å². The Morgan fingerprint density at radius 3 is 2.31 bits per heavy atom. The summed E-state index contributed by atoms with van der Waals surface area (Å²) in [6, 6.07) is 44.7. The molecule has 0 saturated heterocycles. The van der Waals surface area contributed by atoms with E-state index in [2.05, 4.69) is 157 Å². The molecule has 2 nitrogen and oxygen atoms in total. The number of benzene rings is 5. The van der Waals surface area contributed by atoms with Gasteiger partial charge in [0.25, 0.3) is 0 Å². The summed E-state index contributed by atoms with van der Waals surface area (Å²) in [5.74, 6) is 2.21. The fourth-order valence-electron chi connectivity index (χ4n) is 8.82. The second-order valence-electron chi connectivity index (χ2n) is 12.7. The molecule has 45 heavy (non-hydrogen) atoms. The summed E-state index contributed by atoms with van der Waals surface area (Å²) in [6.07, 6.45) is 13.7. The Morgan fingerprint density at radius 1 is 0.689 bits per heavy atom. The summed E-state index contributed by atoms with van der Waals surface area (Å²) in [4.78, 5) is 2.62. The summed E-state index contributed by atoms with van der Waals surface area (Å²) < 4.78 is 6.63. The molecule has 2 heteroatoms. The maximum Gasteiger partial charge on any atom is 0.132 e. The van der Waals surface area contributed by atoms with Crippen LogP contribution in [0.5, 0.6) is 5.75 Å². The van der Waals surface area contributed by atoms with Crippen LogP contribution in [-0.4, -0.2) is 6.04 Å². The normalized spacial score (nSPS) is 23.0. The molecule has 0 bridgehead atoms. The Morgan fingerprint density at radius 2 is 1.44 bits per heavy atom. The molecule has 0 saturated carbocycles. The third-order valence-corrected chi connectivity index (χ3v) is 10.5. The van der Waals surface area contributed by atoms with Crippen LogP contribution >= 0.6 is 0 Å². The Kier molecular flexibility index (Phi) is 5.19. The molecule has 3 aliphatic carbocycles. The number of nitrogens with zero attached hydrogens (tertiary/aromatic N) is 1. The predicted molar refractivity (Wildman–Crippen MR) is 183 cm³/mol. The first kappa shape index (κ1) is 25.0. The lowest BCUT2D eigenvalue weighted by molar-refractivity contribution is 0.389. The molecule has 0 radical (unpaired) electrons. The zero-order valence-electron chi connectivity index (χ0n) is 24.9. The lowest BCUT2D eigenvalue weighted by Crippen LogP contribution is -2.35. The molecule has 3 atom stereocenters. The lowest BCUT2D eigenvalue weighted by atomic mass is 9.63. The van der Waals surface area contributed by atoms with Gasteiger partial charge in [-0.25, -0.2) is 0 Å². The van der Waals surface area contributed by atoms with Gasteiger partial charge < -0.3 is 9.64 Å². The summed E-state index contributed by atoms with van der Waals surface area (Å²) in [5, 5.41) is 0. The first-order valence-electron chi connectivity index (χ1n) is 16.1. The molecule has 1 spiro atoms. The highest BCUT2D eigenvalue weighted by Crippen LogP contribution is 2.66. The molecule has 0 fully saturated rings.